The van der Waals surface area contributed by atoms with Crippen molar-refractivity contribution < 1.29 is 4.79 Å². The van der Waals surface area contributed by atoms with Gasteiger partial charge in [0.15, 0.2) is 0 Å². The lowest BCUT2D eigenvalue weighted by molar-refractivity contribution is -0.129. The maximum Gasteiger partial charge on any atom is 0.236 e. The number of hydrogen-bond acceptors (Lipinski definition) is 3. The van der Waals surface area contributed by atoms with Crippen molar-refractivity contribution >= 4 is 5.91 Å². The van der Waals surface area contributed by atoms with E-state index < -0.39 is 0 Å². The molecule has 0 unspecified atom stereocenters. The van der Waals surface area contributed by atoms with Gasteiger partial charge in [-0.1, -0.05) is 6.08 Å². The number of nitrogens with one attached hydrogen (secondary N) is 1. The van der Waals surface area contributed by atoms with Gasteiger partial charge < -0.3 is 10.2 Å². The number of likely N-dealkylation sites (N-methyl/N-ethyl adjacent to an activating group) is 1. The zero-order chi connectivity index (χ0) is 11.8. The van der Waals surface area contributed by atoms with Crippen LogP contribution in [0.2, 0.25) is 0 Å². The first-order valence-corrected chi connectivity index (χ1v) is 5.18. The predicted molar refractivity (Wildman–Crippen MR) is 63.8 cm³/mol. The molecule has 16 heavy (non-hydrogen) atoms. The van der Waals surface area contributed by atoms with Gasteiger partial charge in [0.05, 0.1) is 6.54 Å². The van der Waals surface area contributed by atoms with Crippen LogP contribution in [0.25, 0.3) is 0 Å². The van der Waals surface area contributed by atoms with Gasteiger partial charge in [0.1, 0.15) is 0 Å². The molecule has 1 heterocycles. The van der Waals surface area contributed by atoms with Crippen LogP contribution in [0, 0.1) is 0 Å². The summed E-state index contributed by atoms with van der Waals surface area (Å²) >= 11 is 0. The molecule has 0 aromatic carbocycles. The maximum atomic E-state index is 11.6. The van der Waals surface area contributed by atoms with E-state index in [1.165, 1.54) is 0 Å². The molecule has 4 nitrogen and oxygen atoms in total. The number of nitrogens with zero attached hydrogens (tertiary/aromatic N) is 2. The van der Waals surface area contributed by atoms with Crippen molar-refractivity contribution in [1.82, 2.24) is 15.2 Å². The van der Waals surface area contributed by atoms with Crippen molar-refractivity contribution in [2.75, 3.05) is 20.1 Å². The average molecular weight is 219 g/mol. The van der Waals surface area contributed by atoms with Crippen molar-refractivity contribution in [3.63, 3.8) is 0 Å². The van der Waals surface area contributed by atoms with Crippen LogP contribution in [0.4, 0.5) is 0 Å². The van der Waals surface area contributed by atoms with Crippen molar-refractivity contribution in [2.24, 2.45) is 0 Å². The molecular weight excluding hydrogens is 202 g/mol. The van der Waals surface area contributed by atoms with Gasteiger partial charge in [-0.3, -0.25) is 9.78 Å². The standard InChI is InChI=1S/C12H17N3O/c1-3-6-14-9-12(16)15(2)10-11-4-7-13-8-5-11/h3-5,7-8,14H,1,6,9-10H2,2H3. The van der Waals surface area contributed by atoms with Gasteiger partial charge in [0.2, 0.25) is 5.91 Å². The third-order valence-electron chi connectivity index (χ3n) is 2.16. The Hall–Kier alpha value is -1.68. The molecule has 0 atom stereocenters. The fourth-order valence-corrected chi connectivity index (χ4v) is 1.27. The SMILES string of the molecule is C=CCNCC(=O)N(C)Cc1ccncc1. The summed E-state index contributed by atoms with van der Waals surface area (Å²) in [4.78, 5) is 17.3. The summed E-state index contributed by atoms with van der Waals surface area (Å²) in [7, 11) is 1.79. The molecule has 1 amide bonds. The third-order valence-corrected chi connectivity index (χ3v) is 2.16. The topological polar surface area (TPSA) is 45.2 Å². The minimum Gasteiger partial charge on any atom is -0.340 e. The van der Waals surface area contributed by atoms with E-state index >= 15 is 0 Å². The molecule has 0 radical (unpaired) electrons. The summed E-state index contributed by atoms with van der Waals surface area (Å²) in [6.07, 6.45) is 5.18. The average Bonchev–Trinajstić information content (AvgIpc) is 2.30. The third kappa shape index (κ3) is 4.23. The molecule has 0 saturated carbocycles. The van der Waals surface area contributed by atoms with E-state index in [1.54, 1.807) is 30.4 Å². The van der Waals surface area contributed by atoms with Crippen molar-refractivity contribution in [3.05, 3.63) is 42.7 Å². The van der Waals surface area contributed by atoms with E-state index in [-0.39, 0.29) is 5.91 Å². The Labute approximate surface area is 96.0 Å². The van der Waals surface area contributed by atoms with Gasteiger partial charge in [-0.2, -0.15) is 0 Å². The fourth-order valence-electron chi connectivity index (χ4n) is 1.27. The quantitative estimate of drug-likeness (QED) is 0.569. The Kier molecular flexibility index (Phi) is 5.22. The number of rotatable bonds is 6. The molecule has 0 bridgehead atoms. The van der Waals surface area contributed by atoms with Gasteiger partial charge >= 0.3 is 0 Å². The van der Waals surface area contributed by atoms with Crippen LogP contribution in [0.5, 0.6) is 0 Å². The van der Waals surface area contributed by atoms with Crippen molar-refractivity contribution in [3.8, 4) is 0 Å². The van der Waals surface area contributed by atoms with Crippen LogP contribution < -0.4 is 5.32 Å². The molecule has 0 spiro atoms. The molecule has 0 fully saturated rings. The smallest absolute Gasteiger partial charge is 0.236 e. The van der Waals surface area contributed by atoms with Crippen molar-refractivity contribution in [2.45, 2.75) is 6.54 Å². The molecule has 0 aliphatic carbocycles. The highest BCUT2D eigenvalue weighted by atomic mass is 16.2. The molecule has 1 aromatic heterocycles. The monoisotopic (exact) mass is 219 g/mol. The molecule has 1 aromatic rings. The summed E-state index contributed by atoms with van der Waals surface area (Å²) in [6, 6.07) is 3.81. The van der Waals surface area contributed by atoms with E-state index in [0.29, 0.717) is 19.6 Å². The number of pyridine rings is 1. The summed E-state index contributed by atoms with van der Waals surface area (Å²) in [6.45, 7) is 5.17. The van der Waals surface area contributed by atoms with E-state index in [4.69, 9.17) is 0 Å². The Morgan fingerprint density at radius 3 is 2.88 bits per heavy atom. The summed E-state index contributed by atoms with van der Waals surface area (Å²) in [5.74, 6) is 0.0682. The molecule has 0 aliphatic rings. The number of amides is 1. The Bertz CT molecular complexity index is 337. The first kappa shape index (κ1) is 12.4. The maximum absolute atomic E-state index is 11.6. The number of aromatic nitrogens is 1. The summed E-state index contributed by atoms with van der Waals surface area (Å²) in [5.41, 5.74) is 1.08. The summed E-state index contributed by atoms with van der Waals surface area (Å²) in [5, 5.41) is 2.98. The zero-order valence-corrected chi connectivity index (χ0v) is 9.52. The first-order valence-electron chi connectivity index (χ1n) is 5.18. The highest BCUT2D eigenvalue weighted by Crippen LogP contribution is 2.00. The Balaban J connectivity index is 2.37. The lowest BCUT2D eigenvalue weighted by Gasteiger charge is -2.17. The van der Waals surface area contributed by atoms with E-state index in [9.17, 15) is 4.79 Å². The van der Waals surface area contributed by atoms with E-state index in [1.807, 2.05) is 12.1 Å². The molecule has 1 rings (SSSR count). The summed E-state index contributed by atoms with van der Waals surface area (Å²) < 4.78 is 0. The lowest BCUT2D eigenvalue weighted by Crippen LogP contribution is -2.35. The van der Waals surface area contributed by atoms with E-state index in [0.717, 1.165) is 5.56 Å². The van der Waals surface area contributed by atoms with Crippen molar-refractivity contribution in [1.29, 1.82) is 0 Å². The second-order valence-electron chi connectivity index (χ2n) is 3.52. The van der Waals surface area contributed by atoms with Crippen LogP contribution in [-0.4, -0.2) is 35.9 Å². The minimum atomic E-state index is 0.0682. The van der Waals surface area contributed by atoms with Gasteiger partial charge in [-0.05, 0) is 17.7 Å². The Morgan fingerprint density at radius 2 is 2.25 bits per heavy atom. The van der Waals surface area contributed by atoms with Crippen LogP contribution in [0.15, 0.2) is 37.2 Å². The van der Waals surface area contributed by atoms with Gasteiger partial charge in [0.25, 0.3) is 0 Å². The zero-order valence-electron chi connectivity index (χ0n) is 9.52. The second-order valence-corrected chi connectivity index (χ2v) is 3.52. The largest absolute Gasteiger partial charge is 0.340 e. The highest BCUT2D eigenvalue weighted by molar-refractivity contribution is 5.77. The van der Waals surface area contributed by atoms with Crippen LogP contribution in [-0.2, 0) is 11.3 Å². The molecule has 1 N–H and O–H groups in total. The molecule has 0 saturated heterocycles. The van der Waals surface area contributed by atoms with Crippen LogP contribution >= 0.6 is 0 Å². The Morgan fingerprint density at radius 1 is 1.56 bits per heavy atom. The number of carbonyl (C=O) groups is 1. The van der Waals surface area contributed by atoms with E-state index in [2.05, 4.69) is 16.9 Å². The van der Waals surface area contributed by atoms with Gasteiger partial charge in [0, 0.05) is 32.5 Å². The molecule has 86 valence electrons. The number of hydrogen-bond donors (Lipinski definition) is 1. The van der Waals surface area contributed by atoms with Gasteiger partial charge in [-0.15, -0.1) is 6.58 Å². The molecule has 0 aliphatic heterocycles. The second kappa shape index (κ2) is 6.74. The molecule has 4 heteroatoms. The normalized spacial score (nSPS) is 9.81. The van der Waals surface area contributed by atoms with Crippen LogP contribution in [0.1, 0.15) is 5.56 Å². The van der Waals surface area contributed by atoms with Crippen LogP contribution in [0.3, 0.4) is 0 Å². The molecular formula is C12H17N3O. The number of carbonyl (C=O) groups excluding carboxylic acids is 1. The lowest BCUT2D eigenvalue weighted by atomic mass is 10.2. The van der Waals surface area contributed by atoms with Gasteiger partial charge in [-0.25, -0.2) is 0 Å². The predicted octanol–water partition coefficient (Wildman–Crippen LogP) is 0.816. The highest BCUT2D eigenvalue weighted by Gasteiger charge is 2.07. The first-order chi connectivity index (χ1) is 7.74. The fraction of sp³-hybridized carbons (Fsp3) is 0.333. The minimum absolute atomic E-state index is 0.0682.